The number of rotatable bonds is 8. The molecule has 0 aliphatic carbocycles. The number of phosphoric ester groups is 1. The molecule has 2 aliphatic heterocycles. The van der Waals surface area contributed by atoms with Crippen LogP contribution in [0, 0.1) is 0 Å². The lowest BCUT2D eigenvalue weighted by molar-refractivity contribution is -0.0585. The van der Waals surface area contributed by atoms with E-state index in [-0.39, 0.29) is 34.0 Å². The van der Waals surface area contributed by atoms with Crippen LogP contribution in [-0.4, -0.2) is 114 Å². The molecular formula is C20H25N10O10P. The molecule has 4 aromatic rings. The molecule has 4 aromatic heterocycles. The largest absolute Gasteiger partial charge is 0.472 e. The average molecular weight is 596 g/mol. The second-order valence-electron chi connectivity index (χ2n) is 9.28. The van der Waals surface area contributed by atoms with Crippen LogP contribution < -0.4 is 11.5 Å². The molecule has 2 saturated heterocycles. The zero-order valence-electron chi connectivity index (χ0n) is 20.8. The number of hydrogen-bond acceptors (Lipinski definition) is 17. The van der Waals surface area contributed by atoms with Crippen LogP contribution in [-0.2, 0) is 23.1 Å². The topological polar surface area (TPSA) is 294 Å². The molecule has 0 spiro atoms. The molecule has 21 heteroatoms. The number of imidazole rings is 2. The molecule has 0 bridgehead atoms. The first-order chi connectivity index (χ1) is 19.6. The first kappa shape index (κ1) is 27.7. The standard InChI is InChI=1S/C20H25N10O10P/c21-15-9-17(25-3-23-15)29(5-27-9)19-12(33)11(32)8(39-19)2-37-41(35,36)40-14-7(1-31)38-20(13(14)34)30-6-28-10-16(22)24-4-26-18(10)30/h3-8,11-14,19-20,31-34H,1-2H2,(H,35,36)(H2,21,23,25)(H2,22,24,26)/t7-,8+,11-,12+,13+,14+,19+,20-/m0/s1. The van der Waals surface area contributed by atoms with Gasteiger partial charge in [0.15, 0.2) is 35.4 Å². The number of nitrogens with zero attached hydrogens (tertiary/aromatic N) is 8. The third kappa shape index (κ3) is 4.78. The summed E-state index contributed by atoms with van der Waals surface area (Å²) in [5.74, 6) is 0.184. The molecular weight excluding hydrogens is 571 g/mol. The third-order valence-corrected chi connectivity index (χ3v) is 7.79. The van der Waals surface area contributed by atoms with Gasteiger partial charge in [-0.05, 0) is 0 Å². The Kier molecular flexibility index (Phi) is 7.06. The van der Waals surface area contributed by atoms with Crippen molar-refractivity contribution < 1.29 is 48.4 Å². The van der Waals surface area contributed by atoms with Gasteiger partial charge in [-0.2, -0.15) is 0 Å². The van der Waals surface area contributed by atoms with Crippen molar-refractivity contribution in [2.75, 3.05) is 24.7 Å². The molecule has 9 atom stereocenters. The summed E-state index contributed by atoms with van der Waals surface area (Å²) in [6, 6.07) is 0. The quantitative estimate of drug-likeness (QED) is 0.101. The second-order valence-corrected chi connectivity index (χ2v) is 10.7. The van der Waals surface area contributed by atoms with E-state index in [9.17, 15) is 29.9 Å². The Morgan fingerprint density at radius 2 is 1.37 bits per heavy atom. The van der Waals surface area contributed by atoms with E-state index in [1.54, 1.807) is 0 Å². The minimum Gasteiger partial charge on any atom is -0.394 e. The minimum atomic E-state index is -4.96. The highest BCUT2D eigenvalue weighted by molar-refractivity contribution is 7.47. The van der Waals surface area contributed by atoms with Crippen molar-refractivity contribution >= 4 is 41.8 Å². The number of aromatic nitrogens is 8. The van der Waals surface area contributed by atoms with E-state index in [0.717, 1.165) is 0 Å². The number of nitrogen functional groups attached to an aromatic ring is 2. The summed E-state index contributed by atoms with van der Waals surface area (Å²) in [6.45, 7) is -1.39. The molecule has 0 aromatic carbocycles. The fraction of sp³-hybridized carbons (Fsp3) is 0.500. The number of aliphatic hydroxyl groups excluding tert-OH is 4. The molecule has 2 aliphatic rings. The lowest BCUT2D eigenvalue weighted by Gasteiger charge is -2.23. The van der Waals surface area contributed by atoms with Crippen molar-refractivity contribution in [3.63, 3.8) is 0 Å². The Morgan fingerprint density at radius 3 is 1.93 bits per heavy atom. The van der Waals surface area contributed by atoms with E-state index >= 15 is 0 Å². The lowest BCUT2D eigenvalue weighted by atomic mass is 10.1. The first-order valence-electron chi connectivity index (χ1n) is 12.1. The Labute approximate surface area is 228 Å². The predicted octanol–water partition coefficient (Wildman–Crippen LogP) is -2.80. The molecule has 2 fully saturated rings. The van der Waals surface area contributed by atoms with Gasteiger partial charge >= 0.3 is 7.82 Å². The van der Waals surface area contributed by atoms with Gasteiger partial charge in [0.25, 0.3) is 0 Å². The van der Waals surface area contributed by atoms with Gasteiger partial charge in [-0.1, -0.05) is 0 Å². The van der Waals surface area contributed by atoms with Crippen LogP contribution >= 0.6 is 7.82 Å². The van der Waals surface area contributed by atoms with Crippen LogP contribution in [0.5, 0.6) is 0 Å². The van der Waals surface area contributed by atoms with Gasteiger partial charge in [0, 0.05) is 0 Å². The van der Waals surface area contributed by atoms with Gasteiger partial charge in [0.05, 0.1) is 25.9 Å². The molecule has 41 heavy (non-hydrogen) atoms. The number of nitrogens with two attached hydrogens (primary N) is 2. The molecule has 20 nitrogen and oxygen atoms in total. The summed E-state index contributed by atoms with van der Waals surface area (Å²) in [7, 11) is -4.96. The summed E-state index contributed by atoms with van der Waals surface area (Å²) in [4.78, 5) is 34.4. The highest BCUT2D eigenvalue weighted by Crippen LogP contribution is 2.49. The van der Waals surface area contributed by atoms with Crippen LogP contribution in [0.1, 0.15) is 12.5 Å². The van der Waals surface area contributed by atoms with Crippen LogP contribution in [0.25, 0.3) is 22.3 Å². The Bertz CT molecular complexity index is 1620. The lowest BCUT2D eigenvalue weighted by Crippen LogP contribution is -2.36. The van der Waals surface area contributed by atoms with Crippen LogP contribution in [0.4, 0.5) is 11.6 Å². The predicted molar refractivity (Wildman–Crippen MR) is 133 cm³/mol. The van der Waals surface area contributed by atoms with E-state index in [1.165, 1.54) is 34.4 Å². The smallest absolute Gasteiger partial charge is 0.394 e. The maximum Gasteiger partial charge on any atom is 0.472 e. The fourth-order valence-corrected chi connectivity index (χ4v) is 5.75. The van der Waals surface area contributed by atoms with Gasteiger partial charge in [0.2, 0.25) is 0 Å². The zero-order valence-corrected chi connectivity index (χ0v) is 21.7. The van der Waals surface area contributed by atoms with E-state index in [1.807, 2.05) is 0 Å². The van der Waals surface area contributed by atoms with Crippen molar-refractivity contribution in [2.24, 2.45) is 0 Å². The summed E-state index contributed by atoms with van der Waals surface area (Å²) in [5, 5.41) is 41.8. The molecule has 220 valence electrons. The van der Waals surface area contributed by atoms with Crippen LogP contribution in [0.2, 0.25) is 0 Å². The van der Waals surface area contributed by atoms with E-state index < -0.39 is 70.1 Å². The average Bonchev–Trinajstić information content (AvgIpc) is 3.70. The monoisotopic (exact) mass is 596 g/mol. The van der Waals surface area contributed by atoms with Gasteiger partial charge in [-0.25, -0.2) is 34.5 Å². The summed E-state index contributed by atoms with van der Waals surface area (Å²) >= 11 is 0. The molecule has 9 N–H and O–H groups in total. The normalized spacial score (nSPS) is 31.7. The van der Waals surface area contributed by atoms with Crippen molar-refractivity contribution in [1.29, 1.82) is 0 Å². The van der Waals surface area contributed by atoms with Crippen LogP contribution in [0.3, 0.4) is 0 Å². The van der Waals surface area contributed by atoms with Gasteiger partial charge in [-0.3, -0.25) is 18.2 Å². The third-order valence-electron chi connectivity index (χ3n) is 6.81. The highest BCUT2D eigenvalue weighted by Gasteiger charge is 2.50. The maximum atomic E-state index is 12.9. The number of aliphatic hydroxyl groups is 4. The molecule has 0 saturated carbocycles. The fourth-order valence-electron chi connectivity index (χ4n) is 4.79. The van der Waals surface area contributed by atoms with Gasteiger partial charge < -0.3 is 46.3 Å². The number of phosphoric acid groups is 1. The highest BCUT2D eigenvalue weighted by atomic mass is 31.2. The summed E-state index contributed by atoms with van der Waals surface area (Å²) in [5.41, 5.74) is 12.5. The van der Waals surface area contributed by atoms with E-state index in [0.29, 0.717) is 0 Å². The zero-order chi connectivity index (χ0) is 29.1. The van der Waals surface area contributed by atoms with Crippen molar-refractivity contribution in [3.8, 4) is 0 Å². The minimum absolute atomic E-state index is 0.0864. The van der Waals surface area contributed by atoms with Crippen molar-refractivity contribution in [1.82, 2.24) is 39.0 Å². The molecule has 0 radical (unpaired) electrons. The Morgan fingerprint density at radius 1 is 0.829 bits per heavy atom. The number of fused-ring (bicyclic) bond motifs is 2. The Balaban J connectivity index is 1.14. The van der Waals surface area contributed by atoms with Gasteiger partial charge in [-0.15, -0.1) is 0 Å². The van der Waals surface area contributed by atoms with Gasteiger partial charge in [0.1, 0.15) is 60.3 Å². The summed E-state index contributed by atoms with van der Waals surface area (Å²) in [6.07, 6.45) is -6.18. The number of anilines is 2. The molecule has 1 unspecified atom stereocenters. The van der Waals surface area contributed by atoms with Crippen molar-refractivity contribution in [2.45, 2.75) is 49.1 Å². The molecule has 6 heterocycles. The summed E-state index contributed by atoms with van der Waals surface area (Å²) < 4.78 is 37.1. The van der Waals surface area contributed by atoms with Crippen LogP contribution in [0.15, 0.2) is 25.3 Å². The molecule has 0 amide bonds. The number of hydrogen-bond donors (Lipinski definition) is 7. The van der Waals surface area contributed by atoms with Crippen molar-refractivity contribution in [3.05, 3.63) is 25.3 Å². The Hall–Kier alpha value is -3.43. The maximum absolute atomic E-state index is 12.9. The second kappa shape index (κ2) is 10.4. The number of ether oxygens (including phenoxy) is 2. The molecule has 6 rings (SSSR count). The van der Waals surface area contributed by atoms with E-state index in [2.05, 4.69) is 29.9 Å². The SMILES string of the molecule is Nc1ncnc2c1ncn2[C@@H]1O[C@H](COP(=O)(O)O[C@H]2[C@@H](O)[C@@H](n3cnc4c(N)ncnc43)O[C@H]2CO)[C@H](O)[C@H]1O. The first-order valence-corrected chi connectivity index (χ1v) is 13.6. The van der Waals surface area contributed by atoms with E-state index in [4.69, 9.17) is 30.0 Å².